The summed E-state index contributed by atoms with van der Waals surface area (Å²) in [4.78, 5) is 44.3. The number of phosphoric acid groups is 1. The van der Waals surface area contributed by atoms with Gasteiger partial charge < -0.3 is 25.2 Å². The molecular weight excluding hydrogens is 601 g/mol. The van der Waals surface area contributed by atoms with Crippen LogP contribution in [0.5, 0.6) is 0 Å². The molecule has 0 aromatic heterocycles. The van der Waals surface area contributed by atoms with Crippen LogP contribution in [-0.2, 0) is 32.7 Å². The van der Waals surface area contributed by atoms with Crippen molar-refractivity contribution in [3.63, 3.8) is 0 Å². The van der Waals surface area contributed by atoms with Crippen LogP contribution in [0.4, 0.5) is 0 Å². The Hall–Kier alpha value is -3.34. The number of carboxylic acid groups (broad SMARTS) is 1. The average Bonchev–Trinajstić information content (AvgIpc) is 3.01. The van der Waals surface area contributed by atoms with Crippen molar-refractivity contribution < 1.29 is 47.8 Å². The van der Waals surface area contributed by atoms with Gasteiger partial charge in [-0.05, 0) is 44.9 Å². The highest BCUT2D eigenvalue weighted by Gasteiger charge is 2.28. The number of carbonyl (C=O) groups excluding carboxylic acids is 2. The molecule has 45 heavy (non-hydrogen) atoms. The zero-order valence-electron chi connectivity index (χ0n) is 26.4. The van der Waals surface area contributed by atoms with Crippen LogP contribution in [-0.4, -0.2) is 64.9 Å². The smallest absolute Gasteiger partial charge is 0.472 e. The minimum atomic E-state index is -4.75. The number of aliphatic hydroxyl groups excluding tert-OH is 1. The predicted octanol–water partition coefficient (Wildman–Crippen LogP) is 6.04. The molecule has 0 radical (unpaired) electrons. The molecule has 0 aromatic rings. The summed E-state index contributed by atoms with van der Waals surface area (Å²) in [6, 6.07) is -1.60. The molecule has 0 fully saturated rings. The number of nitrogens with one attached hydrogen (secondary N) is 1. The zero-order valence-corrected chi connectivity index (χ0v) is 27.3. The molecule has 0 aliphatic carbocycles. The molecule has 3 unspecified atom stereocenters. The number of hydrogen-bond donors (Lipinski definition) is 4. The van der Waals surface area contributed by atoms with Crippen LogP contribution in [0.3, 0.4) is 0 Å². The van der Waals surface area contributed by atoms with E-state index in [1.165, 1.54) is 0 Å². The Labute approximate surface area is 267 Å². The first-order chi connectivity index (χ1) is 21.6. The highest BCUT2D eigenvalue weighted by Crippen LogP contribution is 2.43. The fraction of sp³-hybridized carbons (Fsp3) is 0.485. The van der Waals surface area contributed by atoms with Gasteiger partial charge in [0.15, 0.2) is 6.04 Å². The lowest BCUT2D eigenvalue weighted by Gasteiger charge is -2.18. The Kier molecular flexibility index (Phi) is 26.1. The van der Waals surface area contributed by atoms with E-state index < -0.39 is 57.6 Å². The molecule has 0 rings (SSSR count). The third kappa shape index (κ3) is 27.9. The van der Waals surface area contributed by atoms with Crippen molar-refractivity contribution in [3.8, 4) is 0 Å². The van der Waals surface area contributed by atoms with Crippen LogP contribution < -0.4 is 5.32 Å². The second-order valence-electron chi connectivity index (χ2n) is 9.54. The molecule has 3 atom stereocenters. The fourth-order valence-corrected chi connectivity index (χ4v) is 3.91. The molecule has 252 valence electrons. The summed E-state index contributed by atoms with van der Waals surface area (Å²) in [6.45, 7) is 1.69. The highest BCUT2D eigenvalue weighted by atomic mass is 31.2. The standard InChI is InChI=1S/C33H50NO10P/c1-3-5-6-7-8-9-10-11-12-13-14-15-16-17-18-19-20-21-22-23-24-25-31(36)34-30(33(38)39)28-44-45(40,41)43-27-29(35)26-42-32(37)4-2/h5-6,8-9,11-12,14-15,17-18,20-21,23-24,29-30,35H,3-4,7,10,13,16,19,22,25-28H2,1-2H3,(H,34,36)(H,38,39)(H,40,41)/b6-5-,9-8-,12-11-,15-14-,18-17-,21-20-,24-23-. The van der Waals surface area contributed by atoms with Gasteiger partial charge in [0.2, 0.25) is 5.91 Å². The maximum atomic E-state index is 12.1. The molecular formula is C33H50NO10P. The number of amides is 1. The quantitative estimate of drug-likeness (QED) is 0.0492. The van der Waals surface area contributed by atoms with Gasteiger partial charge in [0.05, 0.1) is 13.2 Å². The van der Waals surface area contributed by atoms with E-state index >= 15 is 0 Å². The van der Waals surface area contributed by atoms with Crippen molar-refractivity contribution in [2.75, 3.05) is 19.8 Å². The number of carbonyl (C=O) groups is 3. The molecule has 0 aromatic carbocycles. The minimum Gasteiger partial charge on any atom is -0.480 e. The van der Waals surface area contributed by atoms with Crippen molar-refractivity contribution in [3.05, 3.63) is 85.1 Å². The monoisotopic (exact) mass is 651 g/mol. The summed E-state index contributed by atoms with van der Waals surface area (Å²) >= 11 is 0. The van der Waals surface area contributed by atoms with Crippen molar-refractivity contribution in [1.29, 1.82) is 0 Å². The Morgan fingerprint density at radius 1 is 0.689 bits per heavy atom. The second kappa shape index (κ2) is 28.2. The zero-order chi connectivity index (χ0) is 33.6. The van der Waals surface area contributed by atoms with E-state index in [1.54, 1.807) is 19.1 Å². The van der Waals surface area contributed by atoms with E-state index in [0.717, 1.165) is 38.5 Å². The molecule has 0 aliphatic heterocycles. The van der Waals surface area contributed by atoms with Gasteiger partial charge in [0.1, 0.15) is 12.7 Å². The van der Waals surface area contributed by atoms with E-state index in [-0.39, 0.29) is 12.8 Å². The highest BCUT2D eigenvalue weighted by molar-refractivity contribution is 7.47. The molecule has 0 spiro atoms. The number of esters is 1. The van der Waals surface area contributed by atoms with Gasteiger partial charge in [-0.1, -0.05) is 98.9 Å². The molecule has 11 nitrogen and oxygen atoms in total. The first-order valence-corrected chi connectivity index (χ1v) is 16.6. The van der Waals surface area contributed by atoms with Gasteiger partial charge in [0.25, 0.3) is 0 Å². The Morgan fingerprint density at radius 2 is 1.11 bits per heavy atom. The van der Waals surface area contributed by atoms with Crippen molar-refractivity contribution >= 4 is 25.7 Å². The third-order valence-electron chi connectivity index (χ3n) is 5.53. The lowest BCUT2D eigenvalue weighted by Crippen LogP contribution is -2.43. The van der Waals surface area contributed by atoms with Crippen molar-refractivity contribution in [2.24, 2.45) is 0 Å². The summed E-state index contributed by atoms with van der Waals surface area (Å²) < 4.78 is 25.8. The molecule has 4 N–H and O–H groups in total. The van der Waals surface area contributed by atoms with Crippen LogP contribution in [0, 0.1) is 0 Å². The second-order valence-corrected chi connectivity index (χ2v) is 11.0. The Balaban J connectivity index is 4.15. The number of phosphoric ester groups is 1. The lowest BCUT2D eigenvalue weighted by atomic mass is 10.2. The van der Waals surface area contributed by atoms with Crippen molar-refractivity contribution in [1.82, 2.24) is 5.32 Å². The Bertz CT molecular complexity index is 1090. The fourth-order valence-electron chi connectivity index (χ4n) is 3.14. The van der Waals surface area contributed by atoms with E-state index in [9.17, 15) is 34.1 Å². The van der Waals surface area contributed by atoms with Crippen LogP contribution >= 0.6 is 7.82 Å². The van der Waals surface area contributed by atoms with Gasteiger partial charge in [-0.25, -0.2) is 9.36 Å². The predicted molar refractivity (Wildman–Crippen MR) is 175 cm³/mol. The number of hydrogen-bond acceptors (Lipinski definition) is 8. The normalized spacial score (nSPS) is 15.3. The number of aliphatic hydroxyl groups is 1. The van der Waals surface area contributed by atoms with Crippen LogP contribution in [0.25, 0.3) is 0 Å². The third-order valence-corrected chi connectivity index (χ3v) is 6.48. The molecule has 12 heteroatoms. The summed E-state index contributed by atoms with van der Waals surface area (Å²) in [5, 5.41) is 21.1. The molecule has 1 amide bonds. The van der Waals surface area contributed by atoms with E-state index in [2.05, 4.69) is 86.8 Å². The molecule has 0 saturated carbocycles. The first kappa shape index (κ1) is 41.7. The summed E-state index contributed by atoms with van der Waals surface area (Å²) in [5.74, 6) is -2.66. The molecule has 0 bridgehead atoms. The number of rotatable bonds is 26. The largest absolute Gasteiger partial charge is 0.480 e. The maximum absolute atomic E-state index is 12.1. The number of carboxylic acids is 1. The number of allylic oxidation sites excluding steroid dienone is 13. The average molecular weight is 652 g/mol. The lowest BCUT2D eigenvalue weighted by molar-refractivity contribution is -0.146. The van der Waals surface area contributed by atoms with E-state index in [4.69, 9.17) is 0 Å². The molecule has 0 heterocycles. The minimum absolute atomic E-state index is 0.0940. The summed E-state index contributed by atoms with van der Waals surface area (Å²) in [7, 11) is -4.75. The van der Waals surface area contributed by atoms with Gasteiger partial charge >= 0.3 is 19.8 Å². The van der Waals surface area contributed by atoms with Crippen LogP contribution in [0.2, 0.25) is 0 Å². The number of ether oxygens (including phenoxy) is 1. The topological polar surface area (TPSA) is 169 Å². The van der Waals surface area contributed by atoms with E-state index in [1.807, 2.05) is 12.2 Å². The van der Waals surface area contributed by atoms with Gasteiger partial charge in [0, 0.05) is 12.8 Å². The van der Waals surface area contributed by atoms with Gasteiger partial charge in [-0.15, -0.1) is 0 Å². The first-order valence-electron chi connectivity index (χ1n) is 15.1. The van der Waals surface area contributed by atoms with Crippen molar-refractivity contribution in [2.45, 2.75) is 83.8 Å². The summed E-state index contributed by atoms with van der Waals surface area (Å²) in [6.07, 6.45) is 33.5. The van der Waals surface area contributed by atoms with Gasteiger partial charge in [-0.2, -0.15) is 0 Å². The Morgan fingerprint density at radius 3 is 1.53 bits per heavy atom. The van der Waals surface area contributed by atoms with Crippen LogP contribution in [0.15, 0.2) is 85.1 Å². The SMILES string of the molecule is CC/C=C\C/C=C\C/C=C\C/C=C\C/C=C\C/C=C\C/C=C\CC(=O)NC(COP(=O)(O)OCC(O)COC(=O)CC)C(=O)O. The number of aliphatic carboxylic acids is 1. The van der Waals surface area contributed by atoms with Gasteiger partial charge in [-0.3, -0.25) is 18.6 Å². The molecule has 0 saturated heterocycles. The summed E-state index contributed by atoms with van der Waals surface area (Å²) in [5.41, 5.74) is 0. The van der Waals surface area contributed by atoms with E-state index in [0.29, 0.717) is 6.42 Å². The maximum Gasteiger partial charge on any atom is 0.472 e. The van der Waals surface area contributed by atoms with Crippen LogP contribution in [0.1, 0.15) is 71.6 Å². The molecule has 0 aliphatic rings.